The number of carbonyl (C=O) groups is 1. The number of nitrogens with zero attached hydrogens (tertiary/aromatic N) is 2. The number of thioether (sulfide) groups is 1. The summed E-state index contributed by atoms with van der Waals surface area (Å²) in [6, 6.07) is 19.2. The zero-order chi connectivity index (χ0) is 18.4. The number of anilines is 1. The Morgan fingerprint density at radius 1 is 1.15 bits per heavy atom. The van der Waals surface area contributed by atoms with Crippen LogP contribution in [0.25, 0.3) is 0 Å². The third-order valence-corrected chi connectivity index (χ3v) is 5.99. The van der Waals surface area contributed by atoms with Gasteiger partial charge in [-0.15, -0.1) is 11.8 Å². The van der Waals surface area contributed by atoms with Crippen LogP contribution in [0.2, 0.25) is 0 Å². The summed E-state index contributed by atoms with van der Waals surface area (Å²) in [4.78, 5) is 18.3. The van der Waals surface area contributed by atoms with E-state index in [1.165, 1.54) is 16.1 Å². The van der Waals surface area contributed by atoms with Crippen LogP contribution in [0.15, 0.2) is 59.5 Å². The lowest BCUT2D eigenvalue weighted by molar-refractivity contribution is -0.132. The predicted molar refractivity (Wildman–Crippen MR) is 111 cm³/mol. The van der Waals surface area contributed by atoms with E-state index in [0.29, 0.717) is 12.3 Å². The molecule has 1 heterocycles. The smallest absolute Gasteiger partial charge is 0.223 e. The molecule has 3 rings (SSSR count). The number of rotatable bonds is 7. The van der Waals surface area contributed by atoms with Crippen LogP contribution in [0.4, 0.5) is 5.69 Å². The monoisotopic (exact) mass is 368 g/mol. The van der Waals surface area contributed by atoms with E-state index in [0.717, 1.165) is 31.6 Å². The molecule has 1 saturated heterocycles. The lowest BCUT2D eigenvalue weighted by Gasteiger charge is -2.26. The Bertz CT molecular complexity index is 717. The van der Waals surface area contributed by atoms with Gasteiger partial charge in [-0.2, -0.15) is 0 Å². The first-order valence-corrected chi connectivity index (χ1v) is 10.4. The van der Waals surface area contributed by atoms with Gasteiger partial charge < -0.3 is 9.80 Å². The van der Waals surface area contributed by atoms with Gasteiger partial charge in [0.2, 0.25) is 5.91 Å². The van der Waals surface area contributed by atoms with E-state index in [4.69, 9.17) is 0 Å². The summed E-state index contributed by atoms with van der Waals surface area (Å²) >= 11 is 1.83. The number of hydrogen-bond donors (Lipinski definition) is 0. The van der Waals surface area contributed by atoms with Crippen LogP contribution in [0.3, 0.4) is 0 Å². The van der Waals surface area contributed by atoms with Crippen LogP contribution < -0.4 is 4.90 Å². The third-order valence-electron chi connectivity index (χ3n) is 4.89. The van der Waals surface area contributed by atoms with Gasteiger partial charge in [0, 0.05) is 37.6 Å². The van der Waals surface area contributed by atoms with Crippen molar-refractivity contribution in [2.45, 2.75) is 36.6 Å². The molecule has 0 radical (unpaired) electrons. The molecule has 0 saturated carbocycles. The molecule has 1 atom stereocenters. The Morgan fingerprint density at radius 3 is 2.73 bits per heavy atom. The molecule has 0 N–H and O–H groups in total. The summed E-state index contributed by atoms with van der Waals surface area (Å²) in [5.41, 5.74) is 2.46. The molecule has 138 valence electrons. The average Bonchev–Trinajstić information content (AvgIpc) is 3.16. The first-order chi connectivity index (χ1) is 12.6. The molecule has 1 fully saturated rings. The van der Waals surface area contributed by atoms with Gasteiger partial charge in [0.1, 0.15) is 0 Å². The Morgan fingerprint density at radius 2 is 1.96 bits per heavy atom. The SMILES string of the molecule is CN(C)c1cccc(C2CCCN2C(=O)CCCSc2ccccc2)c1. The topological polar surface area (TPSA) is 23.6 Å². The second kappa shape index (κ2) is 9.13. The number of amides is 1. The highest BCUT2D eigenvalue weighted by Crippen LogP contribution is 2.34. The van der Waals surface area contributed by atoms with Crippen molar-refractivity contribution in [2.75, 3.05) is 31.3 Å². The van der Waals surface area contributed by atoms with Crippen molar-refractivity contribution in [3.8, 4) is 0 Å². The lowest BCUT2D eigenvalue weighted by atomic mass is 10.0. The van der Waals surface area contributed by atoms with Gasteiger partial charge in [-0.25, -0.2) is 0 Å². The van der Waals surface area contributed by atoms with Crippen LogP contribution >= 0.6 is 11.8 Å². The Balaban J connectivity index is 1.54. The minimum absolute atomic E-state index is 0.240. The first kappa shape index (κ1) is 18.8. The van der Waals surface area contributed by atoms with Crippen molar-refractivity contribution in [1.29, 1.82) is 0 Å². The fourth-order valence-electron chi connectivity index (χ4n) is 3.50. The largest absolute Gasteiger partial charge is 0.378 e. The Hall–Kier alpha value is -1.94. The molecule has 26 heavy (non-hydrogen) atoms. The summed E-state index contributed by atoms with van der Waals surface area (Å²) in [5, 5.41) is 0. The predicted octanol–water partition coefficient (Wildman–Crippen LogP) is 4.99. The maximum absolute atomic E-state index is 12.8. The Kier molecular flexibility index (Phi) is 6.62. The first-order valence-electron chi connectivity index (χ1n) is 9.40. The summed E-state index contributed by atoms with van der Waals surface area (Å²) in [6.07, 6.45) is 3.74. The molecule has 2 aromatic carbocycles. The number of carbonyl (C=O) groups excluding carboxylic acids is 1. The minimum atomic E-state index is 0.240. The van der Waals surface area contributed by atoms with Crippen LogP contribution in [-0.4, -0.2) is 37.2 Å². The molecular weight excluding hydrogens is 340 g/mol. The van der Waals surface area contributed by atoms with Gasteiger partial charge in [-0.3, -0.25) is 4.79 Å². The van der Waals surface area contributed by atoms with Gasteiger partial charge in [-0.1, -0.05) is 30.3 Å². The van der Waals surface area contributed by atoms with Crippen molar-refractivity contribution in [3.63, 3.8) is 0 Å². The number of hydrogen-bond acceptors (Lipinski definition) is 3. The fraction of sp³-hybridized carbons (Fsp3) is 0.409. The zero-order valence-electron chi connectivity index (χ0n) is 15.7. The molecule has 1 aliphatic rings. The molecule has 1 aliphatic heterocycles. The molecule has 3 nitrogen and oxygen atoms in total. The van der Waals surface area contributed by atoms with Gasteiger partial charge in [0.25, 0.3) is 0 Å². The van der Waals surface area contributed by atoms with E-state index < -0.39 is 0 Å². The summed E-state index contributed by atoms with van der Waals surface area (Å²) in [5.74, 6) is 1.29. The molecule has 0 aromatic heterocycles. The molecule has 1 unspecified atom stereocenters. The van der Waals surface area contributed by atoms with Crippen molar-refractivity contribution in [1.82, 2.24) is 4.90 Å². The fourth-order valence-corrected chi connectivity index (χ4v) is 4.37. The second-order valence-electron chi connectivity index (χ2n) is 7.00. The third kappa shape index (κ3) is 4.82. The summed E-state index contributed by atoms with van der Waals surface area (Å²) < 4.78 is 0. The minimum Gasteiger partial charge on any atom is -0.378 e. The quantitative estimate of drug-likeness (QED) is 0.508. The molecule has 4 heteroatoms. The zero-order valence-corrected chi connectivity index (χ0v) is 16.5. The van der Waals surface area contributed by atoms with Gasteiger partial charge in [0.05, 0.1) is 6.04 Å². The van der Waals surface area contributed by atoms with E-state index in [-0.39, 0.29) is 6.04 Å². The summed E-state index contributed by atoms with van der Waals surface area (Å²) in [7, 11) is 4.11. The lowest BCUT2D eigenvalue weighted by Crippen LogP contribution is -2.30. The van der Waals surface area contributed by atoms with Crippen LogP contribution in [0.1, 0.15) is 37.3 Å². The van der Waals surface area contributed by atoms with E-state index in [1.54, 1.807) is 0 Å². The normalized spacial score (nSPS) is 16.7. The highest BCUT2D eigenvalue weighted by atomic mass is 32.2. The molecule has 0 aliphatic carbocycles. The maximum atomic E-state index is 12.8. The average molecular weight is 369 g/mol. The molecule has 1 amide bonds. The van der Waals surface area contributed by atoms with Crippen molar-refractivity contribution >= 4 is 23.4 Å². The van der Waals surface area contributed by atoms with Crippen molar-refractivity contribution < 1.29 is 4.79 Å². The van der Waals surface area contributed by atoms with Crippen LogP contribution in [0, 0.1) is 0 Å². The van der Waals surface area contributed by atoms with Crippen LogP contribution in [0.5, 0.6) is 0 Å². The van der Waals surface area contributed by atoms with Gasteiger partial charge in [-0.05, 0) is 54.8 Å². The number of benzene rings is 2. The molecule has 0 bridgehead atoms. The Labute approximate surface area is 161 Å². The number of likely N-dealkylation sites (tertiary alicyclic amines) is 1. The van der Waals surface area contributed by atoms with E-state index in [1.807, 2.05) is 17.8 Å². The van der Waals surface area contributed by atoms with Gasteiger partial charge in [0.15, 0.2) is 0 Å². The van der Waals surface area contributed by atoms with Crippen molar-refractivity contribution in [3.05, 3.63) is 60.2 Å². The standard InChI is InChI=1S/C22H28N2OS/c1-23(2)19-10-6-9-18(17-19)21-13-7-15-24(21)22(25)14-8-16-26-20-11-4-3-5-12-20/h3-6,9-12,17,21H,7-8,13-16H2,1-2H3. The maximum Gasteiger partial charge on any atom is 0.223 e. The summed E-state index contributed by atoms with van der Waals surface area (Å²) in [6.45, 7) is 0.890. The second-order valence-corrected chi connectivity index (χ2v) is 8.17. The van der Waals surface area contributed by atoms with E-state index in [9.17, 15) is 4.79 Å². The van der Waals surface area contributed by atoms with E-state index >= 15 is 0 Å². The van der Waals surface area contributed by atoms with Crippen molar-refractivity contribution in [2.24, 2.45) is 0 Å². The highest BCUT2D eigenvalue weighted by molar-refractivity contribution is 7.99. The highest BCUT2D eigenvalue weighted by Gasteiger charge is 2.29. The van der Waals surface area contributed by atoms with Crippen LogP contribution in [-0.2, 0) is 4.79 Å². The molecule has 0 spiro atoms. The van der Waals surface area contributed by atoms with Gasteiger partial charge >= 0.3 is 0 Å². The molecule has 2 aromatic rings. The molecular formula is C22H28N2OS. The van der Waals surface area contributed by atoms with E-state index in [2.05, 4.69) is 72.4 Å².